The van der Waals surface area contributed by atoms with Crippen LogP contribution in [0.1, 0.15) is 28.0 Å². The molecule has 2 aromatic rings. The fourth-order valence-corrected chi connectivity index (χ4v) is 3.12. The SMILES string of the molecule is CN(C)CCCNc1ccnc(C(=O)N2CCc3ccccc3C2)c1. The lowest BCUT2D eigenvalue weighted by Gasteiger charge is -2.28. The third kappa shape index (κ3) is 4.57. The Hall–Kier alpha value is -2.40. The average Bonchev–Trinajstić information content (AvgIpc) is 2.64. The molecule has 0 bridgehead atoms. The van der Waals surface area contributed by atoms with Crippen LogP contribution in [0.25, 0.3) is 0 Å². The van der Waals surface area contributed by atoms with Gasteiger partial charge in [-0.15, -0.1) is 0 Å². The van der Waals surface area contributed by atoms with Crippen molar-refractivity contribution in [3.8, 4) is 0 Å². The van der Waals surface area contributed by atoms with Crippen LogP contribution in [0, 0.1) is 0 Å². The van der Waals surface area contributed by atoms with Gasteiger partial charge in [0.25, 0.3) is 5.91 Å². The van der Waals surface area contributed by atoms with E-state index in [1.165, 1.54) is 11.1 Å². The zero-order valence-corrected chi connectivity index (χ0v) is 15.0. The van der Waals surface area contributed by atoms with Crippen LogP contribution in [-0.4, -0.2) is 54.4 Å². The van der Waals surface area contributed by atoms with E-state index in [2.05, 4.69) is 47.5 Å². The van der Waals surface area contributed by atoms with Crippen LogP contribution in [0.5, 0.6) is 0 Å². The molecule has 3 rings (SSSR count). The van der Waals surface area contributed by atoms with Crippen molar-refractivity contribution in [1.82, 2.24) is 14.8 Å². The van der Waals surface area contributed by atoms with Crippen molar-refractivity contribution >= 4 is 11.6 Å². The molecule has 1 amide bonds. The van der Waals surface area contributed by atoms with Gasteiger partial charge in [-0.3, -0.25) is 9.78 Å². The minimum Gasteiger partial charge on any atom is -0.385 e. The van der Waals surface area contributed by atoms with Crippen molar-refractivity contribution in [1.29, 1.82) is 0 Å². The minimum atomic E-state index is 0.00597. The van der Waals surface area contributed by atoms with Gasteiger partial charge in [0.1, 0.15) is 5.69 Å². The van der Waals surface area contributed by atoms with Crippen LogP contribution < -0.4 is 5.32 Å². The van der Waals surface area contributed by atoms with Gasteiger partial charge in [0.05, 0.1) is 0 Å². The third-order valence-corrected chi connectivity index (χ3v) is 4.51. The molecule has 5 heteroatoms. The standard InChI is InChI=1S/C20H26N4O/c1-23(2)12-5-10-21-18-8-11-22-19(14-18)20(25)24-13-9-16-6-3-4-7-17(16)15-24/h3-4,6-8,11,14H,5,9-10,12-13,15H2,1-2H3,(H,21,22). The number of nitrogens with one attached hydrogen (secondary N) is 1. The lowest BCUT2D eigenvalue weighted by molar-refractivity contribution is 0.0729. The van der Waals surface area contributed by atoms with Gasteiger partial charge in [0.15, 0.2) is 0 Å². The fraction of sp³-hybridized carbons (Fsp3) is 0.400. The van der Waals surface area contributed by atoms with E-state index in [1.54, 1.807) is 6.20 Å². The summed E-state index contributed by atoms with van der Waals surface area (Å²) in [5, 5.41) is 3.38. The van der Waals surface area contributed by atoms with Crippen LogP contribution in [0.4, 0.5) is 5.69 Å². The molecule has 0 unspecified atom stereocenters. The van der Waals surface area contributed by atoms with Gasteiger partial charge in [-0.25, -0.2) is 0 Å². The molecule has 1 N–H and O–H groups in total. The highest BCUT2D eigenvalue weighted by molar-refractivity contribution is 5.93. The summed E-state index contributed by atoms with van der Waals surface area (Å²) in [4.78, 5) is 21.2. The topological polar surface area (TPSA) is 48.5 Å². The van der Waals surface area contributed by atoms with Gasteiger partial charge in [-0.1, -0.05) is 24.3 Å². The van der Waals surface area contributed by atoms with Crippen LogP contribution in [0.3, 0.4) is 0 Å². The Balaban J connectivity index is 1.62. The maximum absolute atomic E-state index is 12.8. The van der Waals surface area contributed by atoms with E-state index in [-0.39, 0.29) is 5.91 Å². The van der Waals surface area contributed by atoms with Crippen molar-refractivity contribution in [2.24, 2.45) is 0 Å². The van der Waals surface area contributed by atoms with Gasteiger partial charge in [0.2, 0.25) is 0 Å². The first-order valence-corrected chi connectivity index (χ1v) is 8.84. The highest BCUT2D eigenvalue weighted by atomic mass is 16.2. The number of aromatic nitrogens is 1. The average molecular weight is 338 g/mol. The molecule has 0 atom stereocenters. The maximum Gasteiger partial charge on any atom is 0.272 e. The minimum absolute atomic E-state index is 0.00597. The highest BCUT2D eigenvalue weighted by Crippen LogP contribution is 2.20. The molecule has 1 aromatic carbocycles. The van der Waals surface area contributed by atoms with Gasteiger partial charge in [-0.2, -0.15) is 0 Å². The van der Waals surface area contributed by atoms with Crippen molar-refractivity contribution in [3.63, 3.8) is 0 Å². The lowest BCUT2D eigenvalue weighted by atomic mass is 10.00. The second kappa shape index (κ2) is 8.12. The molecule has 1 aromatic heterocycles. The summed E-state index contributed by atoms with van der Waals surface area (Å²) in [5.74, 6) is 0.00597. The molecule has 0 saturated carbocycles. The smallest absolute Gasteiger partial charge is 0.272 e. The van der Waals surface area contributed by atoms with Crippen LogP contribution >= 0.6 is 0 Å². The highest BCUT2D eigenvalue weighted by Gasteiger charge is 2.22. The zero-order chi connectivity index (χ0) is 17.6. The van der Waals surface area contributed by atoms with Crippen LogP contribution in [-0.2, 0) is 13.0 Å². The Labute approximate surface area is 149 Å². The monoisotopic (exact) mass is 338 g/mol. The largest absolute Gasteiger partial charge is 0.385 e. The van der Waals surface area contributed by atoms with Crippen molar-refractivity contribution in [3.05, 3.63) is 59.4 Å². The third-order valence-electron chi connectivity index (χ3n) is 4.51. The molecule has 0 spiro atoms. The second-order valence-corrected chi connectivity index (χ2v) is 6.76. The fourth-order valence-electron chi connectivity index (χ4n) is 3.12. The van der Waals surface area contributed by atoms with E-state index in [9.17, 15) is 4.79 Å². The molecule has 2 heterocycles. The maximum atomic E-state index is 12.8. The van der Waals surface area contributed by atoms with E-state index in [4.69, 9.17) is 0 Å². The van der Waals surface area contributed by atoms with Crippen molar-refractivity contribution < 1.29 is 4.79 Å². The first-order valence-electron chi connectivity index (χ1n) is 8.84. The Morgan fingerprint density at radius 2 is 2.04 bits per heavy atom. The summed E-state index contributed by atoms with van der Waals surface area (Å²) in [6.45, 7) is 3.33. The van der Waals surface area contributed by atoms with Gasteiger partial charge < -0.3 is 15.1 Å². The Morgan fingerprint density at radius 3 is 2.84 bits per heavy atom. The molecule has 1 aliphatic heterocycles. The summed E-state index contributed by atoms with van der Waals surface area (Å²) in [6.07, 6.45) is 3.67. The number of carbonyl (C=O) groups excluding carboxylic acids is 1. The molecule has 132 valence electrons. The molecule has 5 nitrogen and oxygen atoms in total. The predicted octanol–water partition coefficient (Wildman–Crippen LogP) is 2.64. The van der Waals surface area contributed by atoms with Crippen LogP contribution in [0.15, 0.2) is 42.6 Å². The summed E-state index contributed by atoms with van der Waals surface area (Å²) in [6, 6.07) is 12.1. The number of anilines is 1. The lowest BCUT2D eigenvalue weighted by Crippen LogP contribution is -2.36. The molecule has 0 aliphatic carbocycles. The first kappa shape index (κ1) is 17.4. The van der Waals surface area contributed by atoms with E-state index in [1.807, 2.05) is 23.1 Å². The number of hydrogen-bond donors (Lipinski definition) is 1. The number of hydrogen-bond acceptors (Lipinski definition) is 4. The second-order valence-electron chi connectivity index (χ2n) is 6.76. The number of benzene rings is 1. The Morgan fingerprint density at radius 1 is 1.24 bits per heavy atom. The number of rotatable bonds is 6. The van der Waals surface area contributed by atoms with E-state index < -0.39 is 0 Å². The Bertz CT molecular complexity index is 729. The van der Waals surface area contributed by atoms with Gasteiger partial charge >= 0.3 is 0 Å². The Kier molecular flexibility index (Phi) is 5.66. The number of amides is 1. The molecule has 1 aliphatic rings. The summed E-state index contributed by atoms with van der Waals surface area (Å²) < 4.78 is 0. The predicted molar refractivity (Wildman–Crippen MR) is 101 cm³/mol. The number of carbonyl (C=O) groups is 1. The summed E-state index contributed by atoms with van der Waals surface area (Å²) in [7, 11) is 4.14. The van der Waals surface area contributed by atoms with Gasteiger partial charge in [0, 0.05) is 31.5 Å². The zero-order valence-electron chi connectivity index (χ0n) is 15.0. The number of fused-ring (bicyclic) bond motifs is 1. The number of pyridine rings is 1. The van der Waals surface area contributed by atoms with Crippen LogP contribution in [0.2, 0.25) is 0 Å². The first-order chi connectivity index (χ1) is 12.1. The van der Waals surface area contributed by atoms with Crippen molar-refractivity contribution in [2.75, 3.05) is 39.0 Å². The van der Waals surface area contributed by atoms with E-state index >= 15 is 0 Å². The van der Waals surface area contributed by atoms with E-state index in [0.29, 0.717) is 12.2 Å². The molecule has 0 fully saturated rings. The summed E-state index contributed by atoms with van der Waals surface area (Å²) in [5.41, 5.74) is 4.04. The molecule has 0 radical (unpaired) electrons. The quantitative estimate of drug-likeness (QED) is 0.823. The molecule has 0 saturated heterocycles. The molecular weight excluding hydrogens is 312 g/mol. The number of nitrogens with zero attached hydrogens (tertiary/aromatic N) is 3. The summed E-state index contributed by atoms with van der Waals surface area (Å²) >= 11 is 0. The van der Waals surface area contributed by atoms with Crippen molar-refractivity contribution in [2.45, 2.75) is 19.4 Å². The molecular formula is C20H26N4O. The molecule has 25 heavy (non-hydrogen) atoms. The normalized spacial score (nSPS) is 13.6. The van der Waals surface area contributed by atoms with Gasteiger partial charge in [-0.05, 0) is 56.7 Å². The van der Waals surface area contributed by atoms with E-state index in [0.717, 1.165) is 38.2 Å².